The molecule has 0 aliphatic heterocycles. The zero-order valence-corrected chi connectivity index (χ0v) is 10.1. The molecule has 1 fully saturated rings. The number of nitrogens with zero attached hydrogens (tertiary/aromatic N) is 2. The topological polar surface area (TPSA) is 64.1 Å². The van der Waals surface area contributed by atoms with Gasteiger partial charge >= 0.3 is 0 Å². The van der Waals surface area contributed by atoms with Crippen molar-refractivity contribution >= 4 is 0 Å². The van der Waals surface area contributed by atoms with Gasteiger partial charge in [0.1, 0.15) is 6.10 Å². The molecule has 1 aliphatic rings. The van der Waals surface area contributed by atoms with Crippen LogP contribution in [0.1, 0.15) is 43.7 Å². The second-order valence-electron chi connectivity index (χ2n) is 4.85. The van der Waals surface area contributed by atoms with E-state index in [2.05, 4.69) is 12.0 Å². The number of aromatic nitrogens is 2. The van der Waals surface area contributed by atoms with E-state index in [-0.39, 0.29) is 5.41 Å². The maximum absolute atomic E-state index is 10.4. The molecule has 1 heterocycles. The second kappa shape index (κ2) is 4.18. The molecular formula is C12H21N3O. The predicted octanol–water partition coefficient (Wildman–Crippen LogP) is 1.37. The number of hydrogen-bond acceptors (Lipinski definition) is 3. The molecule has 0 aromatic carbocycles. The molecule has 0 bridgehead atoms. The lowest BCUT2D eigenvalue weighted by Gasteiger charge is -2.44. The van der Waals surface area contributed by atoms with Crippen LogP contribution in [0.15, 0.2) is 6.07 Å². The van der Waals surface area contributed by atoms with Crippen LogP contribution in [0.3, 0.4) is 0 Å². The van der Waals surface area contributed by atoms with Crippen molar-refractivity contribution in [1.29, 1.82) is 0 Å². The van der Waals surface area contributed by atoms with E-state index in [0.717, 1.165) is 30.8 Å². The summed E-state index contributed by atoms with van der Waals surface area (Å²) in [5.41, 5.74) is 7.56. The van der Waals surface area contributed by atoms with Crippen molar-refractivity contribution in [2.45, 2.75) is 45.8 Å². The third kappa shape index (κ3) is 1.66. The summed E-state index contributed by atoms with van der Waals surface area (Å²) in [5.74, 6) is 0. The Bertz CT molecular complexity index is 363. The standard InChI is InChI=1S/C12H21N3O/c1-3-15-9(2)7-10(14-15)11(16)12(8-13)5-4-6-12/h7,11,16H,3-6,8,13H2,1-2H3/t11-/m0/s1. The van der Waals surface area contributed by atoms with Crippen molar-refractivity contribution in [2.75, 3.05) is 6.54 Å². The van der Waals surface area contributed by atoms with E-state index >= 15 is 0 Å². The Labute approximate surface area is 96.5 Å². The molecule has 0 amide bonds. The van der Waals surface area contributed by atoms with Gasteiger partial charge in [0.15, 0.2) is 0 Å². The molecule has 0 radical (unpaired) electrons. The smallest absolute Gasteiger partial charge is 0.105 e. The molecule has 0 saturated heterocycles. The Morgan fingerprint density at radius 2 is 2.31 bits per heavy atom. The predicted molar refractivity (Wildman–Crippen MR) is 62.9 cm³/mol. The van der Waals surface area contributed by atoms with Gasteiger partial charge in [0.25, 0.3) is 0 Å². The molecule has 0 unspecified atom stereocenters. The van der Waals surface area contributed by atoms with Gasteiger partial charge in [0.2, 0.25) is 0 Å². The molecule has 1 aromatic rings. The normalized spacial score (nSPS) is 20.5. The van der Waals surface area contributed by atoms with Gasteiger partial charge in [0, 0.05) is 24.2 Å². The average molecular weight is 223 g/mol. The van der Waals surface area contributed by atoms with Gasteiger partial charge < -0.3 is 10.8 Å². The zero-order chi connectivity index (χ0) is 11.8. The summed E-state index contributed by atoms with van der Waals surface area (Å²) in [7, 11) is 0. The van der Waals surface area contributed by atoms with Crippen LogP contribution in [0.4, 0.5) is 0 Å². The molecule has 90 valence electrons. The van der Waals surface area contributed by atoms with Crippen LogP contribution in [0.25, 0.3) is 0 Å². The second-order valence-corrected chi connectivity index (χ2v) is 4.85. The summed E-state index contributed by atoms with van der Waals surface area (Å²) >= 11 is 0. The van der Waals surface area contributed by atoms with Crippen molar-refractivity contribution in [2.24, 2.45) is 11.1 Å². The third-order valence-corrected chi connectivity index (χ3v) is 3.92. The fourth-order valence-electron chi connectivity index (χ4n) is 2.52. The van der Waals surface area contributed by atoms with Crippen LogP contribution in [-0.2, 0) is 6.54 Å². The summed E-state index contributed by atoms with van der Waals surface area (Å²) in [4.78, 5) is 0. The van der Waals surface area contributed by atoms with Crippen molar-refractivity contribution < 1.29 is 5.11 Å². The zero-order valence-electron chi connectivity index (χ0n) is 10.1. The van der Waals surface area contributed by atoms with Crippen molar-refractivity contribution in [1.82, 2.24) is 9.78 Å². The third-order valence-electron chi connectivity index (χ3n) is 3.92. The van der Waals surface area contributed by atoms with Gasteiger partial charge in [-0.3, -0.25) is 4.68 Å². The summed E-state index contributed by atoms with van der Waals surface area (Å²) in [6.07, 6.45) is 2.70. The molecule has 1 saturated carbocycles. The number of nitrogens with two attached hydrogens (primary N) is 1. The Hall–Kier alpha value is -0.870. The molecule has 1 aliphatic carbocycles. The van der Waals surface area contributed by atoms with Crippen molar-refractivity contribution in [3.05, 3.63) is 17.5 Å². The Kier molecular flexibility index (Phi) is 3.04. The highest BCUT2D eigenvalue weighted by Crippen LogP contribution is 2.49. The van der Waals surface area contributed by atoms with Crippen molar-refractivity contribution in [3.63, 3.8) is 0 Å². The van der Waals surface area contributed by atoms with Crippen LogP contribution in [-0.4, -0.2) is 21.4 Å². The molecule has 1 atom stereocenters. The largest absolute Gasteiger partial charge is 0.386 e. The highest BCUT2D eigenvalue weighted by molar-refractivity contribution is 5.15. The van der Waals surface area contributed by atoms with Gasteiger partial charge in [-0.05, 0) is 32.8 Å². The molecule has 2 rings (SSSR count). The van der Waals surface area contributed by atoms with E-state index in [1.165, 1.54) is 6.42 Å². The lowest BCUT2D eigenvalue weighted by atomic mass is 9.64. The van der Waals surface area contributed by atoms with E-state index in [1.807, 2.05) is 17.7 Å². The van der Waals surface area contributed by atoms with Gasteiger partial charge in [-0.2, -0.15) is 5.10 Å². The molecule has 4 heteroatoms. The molecule has 16 heavy (non-hydrogen) atoms. The maximum Gasteiger partial charge on any atom is 0.105 e. The first-order valence-electron chi connectivity index (χ1n) is 6.05. The number of rotatable bonds is 4. The molecule has 0 spiro atoms. The highest BCUT2D eigenvalue weighted by Gasteiger charge is 2.44. The van der Waals surface area contributed by atoms with Crippen LogP contribution < -0.4 is 5.73 Å². The van der Waals surface area contributed by atoms with Gasteiger partial charge in [0.05, 0.1) is 5.69 Å². The van der Waals surface area contributed by atoms with Crippen LogP contribution in [0, 0.1) is 12.3 Å². The first kappa shape index (κ1) is 11.6. The van der Waals surface area contributed by atoms with E-state index in [9.17, 15) is 5.11 Å². The maximum atomic E-state index is 10.4. The number of hydrogen-bond donors (Lipinski definition) is 2. The Morgan fingerprint density at radius 3 is 2.69 bits per heavy atom. The minimum absolute atomic E-state index is 0.112. The quantitative estimate of drug-likeness (QED) is 0.810. The molecule has 4 nitrogen and oxygen atoms in total. The van der Waals surface area contributed by atoms with Crippen LogP contribution in [0.2, 0.25) is 0 Å². The molecule has 3 N–H and O–H groups in total. The van der Waals surface area contributed by atoms with Gasteiger partial charge in [-0.15, -0.1) is 0 Å². The monoisotopic (exact) mass is 223 g/mol. The van der Waals surface area contributed by atoms with E-state index in [4.69, 9.17) is 5.73 Å². The summed E-state index contributed by atoms with van der Waals surface area (Å²) in [6.45, 7) is 5.46. The lowest BCUT2D eigenvalue weighted by Crippen LogP contribution is -2.42. The number of aryl methyl sites for hydroxylation is 2. The van der Waals surface area contributed by atoms with Gasteiger partial charge in [-0.1, -0.05) is 6.42 Å². The number of aliphatic hydroxyl groups excluding tert-OH is 1. The average Bonchev–Trinajstić information content (AvgIpc) is 2.58. The fourth-order valence-corrected chi connectivity index (χ4v) is 2.52. The Morgan fingerprint density at radius 1 is 1.62 bits per heavy atom. The van der Waals surface area contributed by atoms with Crippen molar-refractivity contribution in [3.8, 4) is 0 Å². The summed E-state index contributed by atoms with van der Waals surface area (Å²) in [5, 5.41) is 14.8. The first-order valence-corrected chi connectivity index (χ1v) is 6.05. The highest BCUT2D eigenvalue weighted by atomic mass is 16.3. The van der Waals surface area contributed by atoms with Crippen LogP contribution >= 0.6 is 0 Å². The first-order chi connectivity index (χ1) is 7.63. The van der Waals surface area contributed by atoms with E-state index in [1.54, 1.807) is 0 Å². The summed E-state index contributed by atoms with van der Waals surface area (Å²) < 4.78 is 1.92. The molecular weight excluding hydrogens is 202 g/mol. The minimum Gasteiger partial charge on any atom is -0.386 e. The SMILES string of the molecule is CCn1nc([C@H](O)C2(CN)CCC2)cc1C. The fraction of sp³-hybridized carbons (Fsp3) is 0.750. The lowest BCUT2D eigenvalue weighted by molar-refractivity contribution is -0.0325. The van der Waals surface area contributed by atoms with E-state index < -0.39 is 6.10 Å². The van der Waals surface area contributed by atoms with Gasteiger partial charge in [-0.25, -0.2) is 0 Å². The minimum atomic E-state index is -0.502. The number of aliphatic hydroxyl groups is 1. The molecule has 1 aromatic heterocycles. The summed E-state index contributed by atoms with van der Waals surface area (Å²) in [6, 6.07) is 1.98. The Balaban J connectivity index is 2.22. The van der Waals surface area contributed by atoms with Crippen LogP contribution in [0.5, 0.6) is 0 Å². The van der Waals surface area contributed by atoms with E-state index in [0.29, 0.717) is 6.54 Å².